The summed E-state index contributed by atoms with van der Waals surface area (Å²) < 4.78 is 28.7. The van der Waals surface area contributed by atoms with E-state index < -0.39 is 5.82 Å². The van der Waals surface area contributed by atoms with Crippen LogP contribution >= 0.6 is 23.2 Å². The fourth-order valence-corrected chi connectivity index (χ4v) is 3.69. The summed E-state index contributed by atoms with van der Waals surface area (Å²) in [5.74, 6) is -0.0216. The molecule has 0 aliphatic rings. The van der Waals surface area contributed by atoms with Crippen molar-refractivity contribution < 1.29 is 13.5 Å². The lowest BCUT2D eigenvalue weighted by Crippen LogP contribution is -1.98. The molecule has 0 radical (unpaired) electrons. The number of hydrogen-bond donors (Lipinski definition) is 0. The van der Waals surface area contributed by atoms with Crippen molar-refractivity contribution in [3.63, 3.8) is 0 Å². The lowest BCUT2D eigenvalue weighted by atomic mass is 10.1. The molecule has 0 saturated heterocycles. The van der Waals surface area contributed by atoms with Gasteiger partial charge in [-0.05, 0) is 44.2 Å². The SMILES string of the molecule is Cc1cc(-c2nnc(Cc3ccc(Cl)c(Oc4cc(Cl)cc(C#N)c4)c3F)o2)c(C)n1C. The summed E-state index contributed by atoms with van der Waals surface area (Å²) in [6.07, 6.45) is 0.0518. The summed E-state index contributed by atoms with van der Waals surface area (Å²) in [5, 5.41) is 17.6. The van der Waals surface area contributed by atoms with Gasteiger partial charge in [-0.15, -0.1) is 10.2 Å². The Morgan fingerprint density at radius 2 is 1.94 bits per heavy atom. The predicted molar refractivity (Wildman–Crippen MR) is 119 cm³/mol. The minimum Gasteiger partial charge on any atom is -0.453 e. The van der Waals surface area contributed by atoms with E-state index >= 15 is 4.39 Å². The maximum atomic E-state index is 15.2. The number of ether oxygens (including phenoxy) is 1. The third kappa shape index (κ3) is 4.20. The van der Waals surface area contributed by atoms with Crippen LogP contribution in [0.15, 0.2) is 40.8 Å². The Labute approximate surface area is 193 Å². The van der Waals surface area contributed by atoms with Crippen LogP contribution in [-0.4, -0.2) is 14.8 Å². The van der Waals surface area contributed by atoms with Crippen LogP contribution < -0.4 is 4.74 Å². The molecule has 0 aliphatic heterocycles. The lowest BCUT2D eigenvalue weighted by Gasteiger charge is -2.11. The van der Waals surface area contributed by atoms with E-state index in [0.29, 0.717) is 5.89 Å². The molecule has 0 N–H and O–H groups in total. The molecule has 2 heterocycles. The molecular weight excluding hydrogens is 454 g/mol. The molecular formula is C23H17Cl2FN4O2. The highest BCUT2D eigenvalue weighted by Gasteiger charge is 2.19. The number of nitriles is 1. The first-order valence-electron chi connectivity index (χ1n) is 9.58. The summed E-state index contributed by atoms with van der Waals surface area (Å²) in [6, 6.07) is 11.4. The van der Waals surface area contributed by atoms with Gasteiger partial charge in [0.1, 0.15) is 5.75 Å². The van der Waals surface area contributed by atoms with Crippen molar-refractivity contribution in [1.29, 1.82) is 5.26 Å². The maximum Gasteiger partial charge on any atom is 0.249 e. The zero-order valence-corrected chi connectivity index (χ0v) is 18.9. The van der Waals surface area contributed by atoms with Gasteiger partial charge in [0, 0.05) is 29.0 Å². The van der Waals surface area contributed by atoms with Crippen molar-refractivity contribution >= 4 is 23.2 Å². The van der Waals surface area contributed by atoms with Gasteiger partial charge in [-0.3, -0.25) is 0 Å². The van der Waals surface area contributed by atoms with Crippen LogP contribution in [0.5, 0.6) is 11.5 Å². The second-order valence-corrected chi connectivity index (χ2v) is 8.10. The van der Waals surface area contributed by atoms with Crippen LogP contribution in [-0.2, 0) is 13.5 Å². The number of rotatable bonds is 5. The van der Waals surface area contributed by atoms with E-state index in [2.05, 4.69) is 10.2 Å². The van der Waals surface area contributed by atoms with E-state index in [4.69, 9.17) is 37.6 Å². The fraction of sp³-hybridized carbons (Fsp3) is 0.174. The molecule has 0 fully saturated rings. The Kier molecular flexibility index (Phi) is 5.92. The van der Waals surface area contributed by atoms with Crippen LogP contribution in [0.4, 0.5) is 4.39 Å². The second kappa shape index (κ2) is 8.65. The highest BCUT2D eigenvalue weighted by molar-refractivity contribution is 6.32. The molecule has 0 saturated carbocycles. The Bertz CT molecular complexity index is 1370. The van der Waals surface area contributed by atoms with Crippen molar-refractivity contribution in [2.75, 3.05) is 0 Å². The van der Waals surface area contributed by atoms with Crippen LogP contribution in [0, 0.1) is 31.0 Å². The third-order valence-corrected chi connectivity index (χ3v) is 5.68. The molecule has 2 aromatic carbocycles. The quantitative estimate of drug-likeness (QED) is 0.337. The standard InChI is InChI=1S/C23H17Cl2FN4O2/c1-12-6-18(13(2)30(12)3)23-29-28-20(32-23)9-15-4-5-19(25)22(21(15)26)31-17-8-14(11-27)7-16(24)10-17/h4-8,10H,9H2,1-3H3. The normalized spacial score (nSPS) is 10.9. The van der Waals surface area contributed by atoms with Gasteiger partial charge >= 0.3 is 0 Å². The van der Waals surface area contributed by atoms with Gasteiger partial charge in [-0.1, -0.05) is 29.3 Å². The monoisotopic (exact) mass is 470 g/mol. The van der Waals surface area contributed by atoms with Crippen LogP contribution in [0.1, 0.15) is 28.4 Å². The minimum absolute atomic E-state index is 0.0518. The maximum absolute atomic E-state index is 15.2. The topological polar surface area (TPSA) is 76.9 Å². The lowest BCUT2D eigenvalue weighted by molar-refractivity contribution is 0.437. The zero-order valence-electron chi connectivity index (χ0n) is 17.4. The van der Waals surface area contributed by atoms with Gasteiger partial charge in [-0.2, -0.15) is 5.26 Å². The summed E-state index contributed by atoms with van der Waals surface area (Å²) in [6.45, 7) is 3.94. The number of nitrogens with zero attached hydrogens (tertiary/aromatic N) is 4. The molecule has 0 atom stereocenters. The predicted octanol–water partition coefficient (Wildman–Crippen LogP) is 6.39. The number of aryl methyl sites for hydroxylation is 1. The molecule has 0 bridgehead atoms. The first-order valence-corrected chi connectivity index (χ1v) is 10.3. The zero-order chi connectivity index (χ0) is 23.0. The fourth-order valence-electron chi connectivity index (χ4n) is 3.28. The van der Waals surface area contributed by atoms with Crippen LogP contribution in [0.3, 0.4) is 0 Å². The first kappa shape index (κ1) is 21.9. The minimum atomic E-state index is -0.664. The van der Waals surface area contributed by atoms with E-state index in [9.17, 15) is 0 Å². The van der Waals surface area contributed by atoms with Gasteiger partial charge in [0.25, 0.3) is 0 Å². The van der Waals surface area contributed by atoms with Crippen LogP contribution in [0.25, 0.3) is 11.5 Å². The summed E-state index contributed by atoms with van der Waals surface area (Å²) in [5.41, 5.74) is 3.43. The Morgan fingerprint density at radius 3 is 2.62 bits per heavy atom. The largest absolute Gasteiger partial charge is 0.453 e. The first-order chi connectivity index (χ1) is 15.3. The second-order valence-electron chi connectivity index (χ2n) is 7.26. The average Bonchev–Trinajstić information content (AvgIpc) is 3.32. The molecule has 0 spiro atoms. The summed E-state index contributed by atoms with van der Waals surface area (Å²) in [4.78, 5) is 0. The average molecular weight is 471 g/mol. The van der Waals surface area contributed by atoms with E-state index in [1.807, 2.05) is 37.6 Å². The van der Waals surface area contributed by atoms with Gasteiger partial charge < -0.3 is 13.7 Å². The van der Waals surface area contributed by atoms with Crippen molar-refractivity contribution in [2.45, 2.75) is 20.3 Å². The highest BCUT2D eigenvalue weighted by Crippen LogP contribution is 2.36. The van der Waals surface area contributed by atoms with Gasteiger partial charge in [-0.25, -0.2) is 4.39 Å². The molecule has 0 unspecified atom stereocenters. The molecule has 4 aromatic rings. The molecule has 6 nitrogen and oxygen atoms in total. The third-order valence-electron chi connectivity index (χ3n) is 5.16. The van der Waals surface area contributed by atoms with Crippen molar-refractivity contribution in [3.8, 4) is 29.0 Å². The highest BCUT2D eigenvalue weighted by atomic mass is 35.5. The van der Waals surface area contributed by atoms with Gasteiger partial charge in [0.15, 0.2) is 11.6 Å². The molecule has 32 heavy (non-hydrogen) atoms. The molecule has 0 amide bonds. The summed E-state index contributed by atoms with van der Waals surface area (Å²) in [7, 11) is 1.95. The van der Waals surface area contributed by atoms with E-state index in [1.165, 1.54) is 30.3 Å². The molecule has 0 aliphatic carbocycles. The van der Waals surface area contributed by atoms with Crippen molar-refractivity contribution in [3.05, 3.63) is 80.7 Å². The van der Waals surface area contributed by atoms with E-state index in [-0.39, 0.29) is 45.0 Å². The van der Waals surface area contributed by atoms with E-state index in [0.717, 1.165) is 17.0 Å². The van der Waals surface area contributed by atoms with Crippen molar-refractivity contribution in [2.24, 2.45) is 7.05 Å². The molecule has 4 rings (SSSR count). The summed E-state index contributed by atoms with van der Waals surface area (Å²) >= 11 is 12.2. The molecule has 162 valence electrons. The van der Waals surface area contributed by atoms with Crippen LogP contribution in [0.2, 0.25) is 10.0 Å². The van der Waals surface area contributed by atoms with Crippen molar-refractivity contribution in [1.82, 2.24) is 14.8 Å². The Hall–Kier alpha value is -3.34. The van der Waals surface area contributed by atoms with E-state index in [1.54, 1.807) is 0 Å². The number of benzene rings is 2. The Morgan fingerprint density at radius 1 is 1.16 bits per heavy atom. The number of halogens is 3. The number of hydrogen-bond acceptors (Lipinski definition) is 5. The molecule has 2 aromatic heterocycles. The smallest absolute Gasteiger partial charge is 0.249 e. The van der Waals surface area contributed by atoms with Gasteiger partial charge in [0.05, 0.1) is 28.6 Å². The number of aromatic nitrogens is 3. The molecule has 9 heteroatoms. The van der Waals surface area contributed by atoms with Gasteiger partial charge in [0.2, 0.25) is 11.8 Å². The Balaban J connectivity index is 1.62.